The largest absolute Gasteiger partial charge is 0.281 e. The molecule has 0 aliphatic carbocycles. The lowest BCUT2D eigenvalue weighted by Crippen LogP contribution is -2.35. The molecule has 0 bridgehead atoms. The Balaban J connectivity index is 1.72. The zero-order valence-electron chi connectivity index (χ0n) is 17.1. The maximum Gasteiger partial charge on any atom is 0.244 e. The summed E-state index contributed by atoms with van der Waals surface area (Å²) in [7, 11) is -3.78. The van der Waals surface area contributed by atoms with Crippen LogP contribution in [-0.4, -0.2) is 30.0 Å². The number of hydrogen-bond donors (Lipinski definition) is 0. The molecule has 2 aromatic heterocycles. The molecule has 2 aromatic carbocycles. The minimum Gasteiger partial charge on any atom is -0.281 e. The van der Waals surface area contributed by atoms with E-state index in [1.165, 1.54) is 28.4 Å². The van der Waals surface area contributed by atoms with Crippen molar-refractivity contribution >= 4 is 42.4 Å². The van der Waals surface area contributed by atoms with Gasteiger partial charge in [-0.2, -0.15) is 0 Å². The normalized spacial score (nSPS) is 11.5. The van der Waals surface area contributed by atoms with Gasteiger partial charge in [0.05, 0.1) is 27.4 Å². The first kappa shape index (κ1) is 21.1. The number of nitrogens with zero attached hydrogens (tertiary/aromatic N) is 3. The van der Waals surface area contributed by atoms with Gasteiger partial charge in [-0.25, -0.2) is 13.4 Å². The lowest BCUT2D eigenvalue weighted by molar-refractivity contribution is -0.116. The summed E-state index contributed by atoms with van der Waals surface area (Å²) in [6, 6.07) is 17.5. The van der Waals surface area contributed by atoms with Gasteiger partial charge in [0, 0.05) is 6.20 Å². The van der Waals surface area contributed by atoms with Gasteiger partial charge in [0.2, 0.25) is 5.91 Å². The molecule has 31 heavy (non-hydrogen) atoms. The number of hydrogen-bond acceptors (Lipinski definition) is 6. The summed E-state index contributed by atoms with van der Waals surface area (Å²) in [5, 5.41) is 0.461. The topological polar surface area (TPSA) is 80.2 Å². The number of fused-ring (bicyclic) bond motifs is 1. The molecule has 0 atom stereocenters. The van der Waals surface area contributed by atoms with Crippen molar-refractivity contribution in [3.05, 3.63) is 83.7 Å². The molecule has 0 aliphatic rings. The van der Waals surface area contributed by atoms with Gasteiger partial charge in [-0.3, -0.25) is 14.7 Å². The average Bonchev–Trinajstić information content (AvgIpc) is 3.17. The number of rotatable bonds is 6. The summed E-state index contributed by atoms with van der Waals surface area (Å²) < 4.78 is 26.6. The van der Waals surface area contributed by atoms with Crippen LogP contribution in [0.3, 0.4) is 0 Å². The van der Waals surface area contributed by atoms with Crippen molar-refractivity contribution in [2.24, 2.45) is 0 Å². The third kappa shape index (κ3) is 4.65. The molecule has 8 heteroatoms. The number of amides is 1. The second-order valence-corrected chi connectivity index (χ2v) is 10.3. The number of thiazole rings is 1. The van der Waals surface area contributed by atoms with Crippen molar-refractivity contribution in [3.63, 3.8) is 0 Å². The Hall–Kier alpha value is -3.10. The van der Waals surface area contributed by atoms with E-state index in [0.29, 0.717) is 10.8 Å². The third-order valence-corrected chi connectivity index (χ3v) is 7.46. The molecule has 0 spiro atoms. The Morgan fingerprint density at radius 1 is 1.03 bits per heavy atom. The highest BCUT2D eigenvalue weighted by Gasteiger charge is 2.27. The molecular formula is C23H21N3O3S2. The minimum atomic E-state index is -3.78. The first-order chi connectivity index (χ1) is 14.8. The van der Waals surface area contributed by atoms with Crippen LogP contribution in [0.25, 0.3) is 10.2 Å². The molecular weight excluding hydrogens is 430 g/mol. The monoisotopic (exact) mass is 451 g/mol. The number of sulfone groups is 1. The van der Waals surface area contributed by atoms with Crippen molar-refractivity contribution in [3.8, 4) is 0 Å². The fourth-order valence-electron chi connectivity index (χ4n) is 3.34. The van der Waals surface area contributed by atoms with E-state index >= 15 is 0 Å². The lowest BCUT2D eigenvalue weighted by Gasteiger charge is -2.19. The fraction of sp³-hybridized carbons (Fsp3) is 0.174. The molecule has 6 nitrogen and oxygen atoms in total. The van der Waals surface area contributed by atoms with E-state index in [1.54, 1.807) is 36.5 Å². The maximum absolute atomic E-state index is 13.3. The Morgan fingerprint density at radius 2 is 1.77 bits per heavy atom. The van der Waals surface area contributed by atoms with Gasteiger partial charge >= 0.3 is 0 Å². The maximum atomic E-state index is 13.3. The zero-order chi connectivity index (χ0) is 22.0. The molecule has 4 aromatic rings. The second-order valence-electron chi connectivity index (χ2n) is 7.30. The molecule has 2 heterocycles. The zero-order valence-corrected chi connectivity index (χ0v) is 18.8. The highest BCUT2D eigenvalue weighted by Crippen LogP contribution is 2.32. The number of carbonyl (C=O) groups is 1. The summed E-state index contributed by atoms with van der Waals surface area (Å²) in [5.41, 5.74) is 3.59. The number of aromatic nitrogens is 2. The summed E-state index contributed by atoms with van der Waals surface area (Å²) in [4.78, 5) is 23.8. The highest BCUT2D eigenvalue weighted by atomic mass is 32.2. The van der Waals surface area contributed by atoms with Gasteiger partial charge in [0.15, 0.2) is 15.0 Å². The summed E-state index contributed by atoms with van der Waals surface area (Å²) in [6.45, 7) is 4.13. The average molecular weight is 452 g/mol. The van der Waals surface area contributed by atoms with Crippen molar-refractivity contribution in [1.29, 1.82) is 0 Å². The Labute approximate surface area is 185 Å². The van der Waals surface area contributed by atoms with Crippen LogP contribution in [0.4, 0.5) is 5.13 Å². The standard InChI is InChI=1S/C23H21N3O3S2/c1-16-12-17(2)22-20(13-16)30-23(25-22)26(14-18-8-6-7-11-24-18)21(27)15-31(28,29)19-9-4-3-5-10-19/h3-13H,14-15H2,1-2H3. The predicted molar refractivity (Wildman–Crippen MR) is 123 cm³/mol. The van der Waals surface area contributed by atoms with E-state index < -0.39 is 21.5 Å². The molecule has 0 unspecified atom stereocenters. The smallest absolute Gasteiger partial charge is 0.244 e. The van der Waals surface area contributed by atoms with Gasteiger partial charge in [-0.1, -0.05) is 41.7 Å². The molecule has 0 N–H and O–H groups in total. The van der Waals surface area contributed by atoms with Crippen LogP contribution in [0, 0.1) is 13.8 Å². The molecule has 0 saturated heterocycles. The van der Waals surface area contributed by atoms with E-state index in [9.17, 15) is 13.2 Å². The fourth-order valence-corrected chi connectivity index (χ4v) is 5.72. The molecule has 4 rings (SSSR count). The molecule has 158 valence electrons. The predicted octanol–water partition coefficient (Wildman–Crippen LogP) is 4.32. The van der Waals surface area contributed by atoms with Crippen molar-refractivity contribution in [2.45, 2.75) is 25.3 Å². The van der Waals surface area contributed by atoms with Crippen LogP contribution in [0.15, 0.2) is 71.8 Å². The van der Waals surface area contributed by atoms with Crippen LogP contribution in [0.1, 0.15) is 16.8 Å². The van der Waals surface area contributed by atoms with E-state index in [2.05, 4.69) is 9.97 Å². The van der Waals surface area contributed by atoms with Crippen molar-refractivity contribution in [1.82, 2.24) is 9.97 Å². The first-order valence-corrected chi connectivity index (χ1v) is 12.2. The summed E-state index contributed by atoms with van der Waals surface area (Å²) in [5.74, 6) is -1.18. The van der Waals surface area contributed by atoms with E-state index in [4.69, 9.17) is 0 Å². The van der Waals surface area contributed by atoms with Gasteiger partial charge in [0.1, 0.15) is 5.75 Å². The number of benzene rings is 2. The van der Waals surface area contributed by atoms with E-state index in [1.807, 2.05) is 32.0 Å². The van der Waals surface area contributed by atoms with Gasteiger partial charge < -0.3 is 0 Å². The van der Waals surface area contributed by atoms with Crippen molar-refractivity contribution < 1.29 is 13.2 Å². The van der Waals surface area contributed by atoms with Gasteiger partial charge in [0.25, 0.3) is 0 Å². The molecule has 0 aliphatic heterocycles. The quantitative estimate of drug-likeness (QED) is 0.436. The minimum absolute atomic E-state index is 0.122. The summed E-state index contributed by atoms with van der Waals surface area (Å²) >= 11 is 1.37. The van der Waals surface area contributed by atoms with Gasteiger partial charge in [-0.05, 0) is 55.3 Å². The van der Waals surface area contributed by atoms with E-state index in [0.717, 1.165) is 21.3 Å². The number of anilines is 1. The SMILES string of the molecule is Cc1cc(C)c2nc(N(Cc3ccccn3)C(=O)CS(=O)(=O)c3ccccc3)sc2c1. The number of aryl methyl sites for hydroxylation is 2. The molecule has 0 radical (unpaired) electrons. The van der Waals surface area contributed by atoms with Crippen LogP contribution in [0.2, 0.25) is 0 Å². The van der Waals surface area contributed by atoms with Crippen molar-refractivity contribution in [2.75, 3.05) is 10.7 Å². The molecule has 1 amide bonds. The van der Waals surface area contributed by atoms with E-state index in [-0.39, 0.29) is 11.4 Å². The van der Waals surface area contributed by atoms with Crippen LogP contribution in [0.5, 0.6) is 0 Å². The van der Waals surface area contributed by atoms with Crippen LogP contribution < -0.4 is 4.90 Å². The van der Waals surface area contributed by atoms with Crippen LogP contribution in [-0.2, 0) is 21.2 Å². The lowest BCUT2D eigenvalue weighted by atomic mass is 10.1. The second kappa shape index (κ2) is 8.56. The van der Waals surface area contributed by atoms with Gasteiger partial charge in [-0.15, -0.1) is 0 Å². The number of pyridine rings is 1. The Morgan fingerprint density at radius 3 is 2.48 bits per heavy atom. The summed E-state index contributed by atoms with van der Waals surface area (Å²) in [6.07, 6.45) is 1.64. The first-order valence-electron chi connectivity index (χ1n) is 9.69. The molecule has 0 fully saturated rings. The number of carbonyl (C=O) groups excluding carboxylic acids is 1. The Bertz CT molecular complexity index is 1330. The third-order valence-electron chi connectivity index (χ3n) is 4.81. The highest BCUT2D eigenvalue weighted by molar-refractivity contribution is 7.92. The van der Waals surface area contributed by atoms with Crippen LogP contribution >= 0.6 is 11.3 Å². The Kier molecular flexibility index (Phi) is 5.84. The molecule has 0 saturated carbocycles.